The van der Waals surface area contributed by atoms with E-state index in [9.17, 15) is 0 Å². The van der Waals surface area contributed by atoms with Crippen LogP contribution in [0.15, 0.2) is 18.2 Å². The molecule has 3 nitrogen and oxygen atoms in total. The molecule has 0 spiro atoms. The van der Waals surface area contributed by atoms with Gasteiger partial charge in [-0.2, -0.15) is 0 Å². The Morgan fingerprint density at radius 3 is 2.79 bits per heavy atom. The second-order valence-corrected chi connectivity index (χ2v) is 4.41. The van der Waals surface area contributed by atoms with E-state index in [0.717, 1.165) is 5.82 Å². The molecule has 1 aromatic heterocycles. The summed E-state index contributed by atoms with van der Waals surface area (Å²) in [7, 11) is 0. The molecule has 0 saturated carbocycles. The molecule has 1 rings (SSSR count). The number of pyridine rings is 1. The van der Waals surface area contributed by atoms with Crippen molar-refractivity contribution in [2.75, 3.05) is 18.5 Å². The number of hydrogen-bond donors (Lipinski definition) is 2. The maximum atomic E-state index is 9.04. The van der Waals surface area contributed by atoms with E-state index in [1.165, 1.54) is 0 Å². The van der Waals surface area contributed by atoms with Crippen molar-refractivity contribution in [2.45, 2.75) is 13.8 Å². The zero-order valence-electron chi connectivity index (χ0n) is 8.42. The van der Waals surface area contributed by atoms with Gasteiger partial charge in [-0.1, -0.05) is 31.5 Å². The van der Waals surface area contributed by atoms with Gasteiger partial charge in [0, 0.05) is 18.6 Å². The van der Waals surface area contributed by atoms with Crippen LogP contribution in [0.25, 0.3) is 0 Å². The van der Waals surface area contributed by atoms with Gasteiger partial charge in [0.05, 0.1) is 0 Å². The number of nitrogens with one attached hydrogen (secondary N) is 1. The van der Waals surface area contributed by atoms with E-state index in [-0.39, 0.29) is 12.0 Å². The van der Waals surface area contributed by atoms with Crippen molar-refractivity contribution in [3.8, 4) is 0 Å². The summed E-state index contributed by atoms with van der Waals surface area (Å²) >= 11 is 5.73. The van der Waals surface area contributed by atoms with E-state index in [2.05, 4.69) is 10.3 Å². The molecule has 0 aliphatic heterocycles. The molecule has 1 aromatic rings. The summed E-state index contributed by atoms with van der Waals surface area (Å²) in [5.41, 5.74) is -0.149. The van der Waals surface area contributed by atoms with Gasteiger partial charge in [-0.15, -0.1) is 0 Å². The van der Waals surface area contributed by atoms with E-state index in [4.69, 9.17) is 16.7 Å². The molecule has 4 heteroatoms. The minimum absolute atomic E-state index is 0.139. The van der Waals surface area contributed by atoms with Gasteiger partial charge < -0.3 is 10.4 Å². The van der Waals surface area contributed by atoms with Gasteiger partial charge in [-0.3, -0.25) is 0 Å². The number of aromatic nitrogens is 1. The largest absolute Gasteiger partial charge is 0.396 e. The molecule has 0 atom stereocenters. The van der Waals surface area contributed by atoms with E-state index in [1.54, 1.807) is 6.07 Å². The van der Waals surface area contributed by atoms with Crippen LogP contribution in [0.1, 0.15) is 13.8 Å². The SMILES string of the molecule is CC(C)(CO)CNc1cccc(Cl)n1. The van der Waals surface area contributed by atoms with Crippen LogP contribution in [0.4, 0.5) is 5.82 Å². The molecule has 14 heavy (non-hydrogen) atoms. The first-order valence-electron chi connectivity index (χ1n) is 4.51. The Balaban J connectivity index is 2.54. The summed E-state index contributed by atoms with van der Waals surface area (Å²) in [6, 6.07) is 5.41. The topological polar surface area (TPSA) is 45.1 Å². The van der Waals surface area contributed by atoms with Crippen molar-refractivity contribution in [1.82, 2.24) is 4.98 Å². The van der Waals surface area contributed by atoms with Gasteiger partial charge in [0.15, 0.2) is 0 Å². The first-order valence-corrected chi connectivity index (χ1v) is 4.89. The Bertz CT molecular complexity index is 302. The van der Waals surface area contributed by atoms with Gasteiger partial charge in [0.1, 0.15) is 11.0 Å². The van der Waals surface area contributed by atoms with E-state index < -0.39 is 0 Å². The number of hydrogen-bond acceptors (Lipinski definition) is 3. The Morgan fingerprint density at radius 2 is 2.21 bits per heavy atom. The summed E-state index contributed by atoms with van der Waals surface area (Å²) in [4.78, 5) is 4.08. The normalized spacial score (nSPS) is 11.4. The molecule has 0 unspecified atom stereocenters. The number of aliphatic hydroxyl groups excluding tert-OH is 1. The minimum atomic E-state index is -0.149. The number of rotatable bonds is 4. The third-order valence-electron chi connectivity index (χ3n) is 1.89. The average molecular weight is 215 g/mol. The highest BCUT2D eigenvalue weighted by atomic mass is 35.5. The quantitative estimate of drug-likeness (QED) is 0.756. The van der Waals surface area contributed by atoms with Crippen LogP contribution in [-0.2, 0) is 0 Å². The maximum absolute atomic E-state index is 9.04. The fourth-order valence-corrected chi connectivity index (χ4v) is 1.06. The summed E-state index contributed by atoms with van der Waals surface area (Å²) < 4.78 is 0. The van der Waals surface area contributed by atoms with Crippen molar-refractivity contribution in [1.29, 1.82) is 0 Å². The van der Waals surface area contributed by atoms with Crippen LogP contribution in [0, 0.1) is 5.41 Å². The van der Waals surface area contributed by atoms with Crippen molar-refractivity contribution in [3.05, 3.63) is 23.4 Å². The summed E-state index contributed by atoms with van der Waals surface area (Å²) in [5, 5.41) is 12.6. The number of nitrogens with zero attached hydrogens (tertiary/aromatic N) is 1. The molecule has 0 saturated heterocycles. The lowest BCUT2D eigenvalue weighted by Gasteiger charge is -2.22. The molecule has 0 amide bonds. The fraction of sp³-hybridized carbons (Fsp3) is 0.500. The molecule has 0 radical (unpaired) electrons. The van der Waals surface area contributed by atoms with E-state index in [1.807, 2.05) is 26.0 Å². The number of aliphatic hydroxyl groups is 1. The summed E-state index contributed by atoms with van der Waals surface area (Å²) in [6.07, 6.45) is 0. The number of anilines is 1. The number of halogens is 1. The van der Waals surface area contributed by atoms with Gasteiger partial charge in [-0.05, 0) is 12.1 Å². The monoisotopic (exact) mass is 214 g/mol. The van der Waals surface area contributed by atoms with Crippen LogP contribution in [0.5, 0.6) is 0 Å². The third-order valence-corrected chi connectivity index (χ3v) is 2.10. The first kappa shape index (κ1) is 11.3. The standard InChI is InChI=1S/C10H15ClN2O/c1-10(2,7-14)6-12-9-5-3-4-8(11)13-9/h3-5,14H,6-7H2,1-2H3,(H,12,13). The van der Waals surface area contributed by atoms with Gasteiger partial charge >= 0.3 is 0 Å². The highest BCUT2D eigenvalue weighted by molar-refractivity contribution is 6.29. The first-order chi connectivity index (χ1) is 6.53. The maximum Gasteiger partial charge on any atom is 0.131 e. The predicted octanol–water partition coefficient (Wildman–Crippen LogP) is 2.17. The van der Waals surface area contributed by atoms with Gasteiger partial charge in [0.2, 0.25) is 0 Å². The lowest BCUT2D eigenvalue weighted by Crippen LogP contribution is -2.27. The molecule has 78 valence electrons. The molecule has 0 aliphatic carbocycles. The van der Waals surface area contributed by atoms with Crippen LogP contribution in [0.2, 0.25) is 5.15 Å². The Hall–Kier alpha value is -0.800. The third kappa shape index (κ3) is 3.52. The average Bonchev–Trinajstić information content (AvgIpc) is 2.15. The lowest BCUT2D eigenvalue weighted by atomic mass is 9.95. The predicted molar refractivity (Wildman–Crippen MR) is 58.6 cm³/mol. The van der Waals surface area contributed by atoms with E-state index in [0.29, 0.717) is 11.7 Å². The molecule has 0 fully saturated rings. The van der Waals surface area contributed by atoms with Crippen LogP contribution >= 0.6 is 11.6 Å². The van der Waals surface area contributed by atoms with Crippen molar-refractivity contribution in [3.63, 3.8) is 0 Å². The van der Waals surface area contributed by atoms with Crippen LogP contribution < -0.4 is 5.32 Å². The second kappa shape index (κ2) is 4.62. The van der Waals surface area contributed by atoms with Crippen molar-refractivity contribution < 1.29 is 5.11 Å². The molecule has 0 bridgehead atoms. The van der Waals surface area contributed by atoms with Crippen molar-refractivity contribution in [2.24, 2.45) is 5.41 Å². The fourth-order valence-electron chi connectivity index (χ4n) is 0.892. The molecule has 2 N–H and O–H groups in total. The molecule has 1 heterocycles. The van der Waals surface area contributed by atoms with Crippen LogP contribution in [-0.4, -0.2) is 23.2 Å². The lowest BCUT2D eigenvalue weighted by molar-refractivity contribution is 0.170. The molecular weight excluding hydrogens is 200 g/mol. The van der Waals surface area contributed by atoms with Gasteiger partial charge in [-0.25, -0.2) is 4.98 Å². The highest BCUT2D eigenvalue weighted by Gasteiger charge is 2.15. The molecular formula is C10H15ClN2O. The Morgan fingerprint density at radius 1 is 1.50 bits per heavy atom. The summed E-state index contributed by atoms with van der Waals surface area (Å²) in [5.74, 6) is 0.735. The minimum Gasteiger partial charge on any atom is -0.396 e. The highest BCUT2D eigenvalue weighted by Crippen LogP contribution is 2.15. The van der Waals surface area contributed by atoms with Crippen LogP contribution in [0.3, 0.4) is 0 Å². The molecule has 0 aromatic carbocycles. The Labute approximate surface area is 89.1 Å². The smallest absolute Gasteiger partial charge is 0.131 e. The van der Waals surface area contributed by atoms with Gasteiger partial charge in [0.25, 0.3) is 0 Å². The van der Waals surface area contributed by atoms with E-state index >= 15 is 0 Å². The zero-order chi connectivity index (χ0) is 10.6. The summed E-state index contributed by atoms with van der Waals surface area (Å²) in [6.45, 7) is 4.76. The van der Waals surface area contributed by atoms with Crippen molar-refractivity contribution >= 4 is 17.4 Å². The zero-order valence-corrected chi connectivity index (χ0v) is 9.17. The molecule has 0 aliphatic rings. The Kier molecular flexibility index (Phi) is 3.72. The second-order valence-electron chi connectivity index (χ2n) is 4.02.